The van der Waals surface area contributed by atoms with E-state index >= 15 is 0 Å². The fourth-order valence-corrected chi connectivity index (χ4v) is 4.04. The summed E-state index contributed by atoms with van der Waals surface area (Å²) >= 11 is 0. The number of nitrogens with zero attached hydrogens (tertiary/aromatic N) is 2. The van der Waals surface area contributed by atoms with Crippen LogP contribution in [0.15, 0.2) is 48.5 Å². The molecule has 1 aromatic carbocycles. The molecule has 0 spiro atoms. The zero-order chi connectivity index (χ0) is 17.8. The highest BCUT2D eigenvalue weighted by atomic mass is 16.5. The van der Waals surface area contributed by atoms with Gasteiger partial charge in [-0.1, -0.05) is 49.2 Å². The molecule has 0 N–H and O–H groups in total. The van der Waals surface area contributed by atoms with E-state index in [0.29, 0.717) is 25.6 Å². The summed E-state index contributed by atoms with van der Waals surface area (Å²) < 4.78 is 5.96. The van der Waals surface area contributed by atoms with E-state index in [2.05, 4.69) is 30.3 Å². The van der Waals surface area contributed by atoms with Crippen LogP contribution < -0.4 is 0 Å². The lowest BCUT2D eigenvalue weighted by Crippen LogP contribution is -2.44. The maximum atomic E-state index is 12.7. The summed E-state index contributed by atoms with van der Waals surface area (Å²) in [6.07, 6.45) is 5.16. The second kappa shape index (κ2) is 8.00. The largest absolute Gasteiger partial charge is 0.368 e. The first-order valence-electron chi connectivity index (χ1n) is 9.70. The molecule has 1 aromatic heterocycles. The molecular formula is C22H26N2O2. The first-order chi connectivity index (χ1) is 12.8. The third kappa shape index (κ3) is 3.96. The second-order valence-corrected chi connectivity index (χ2v) is 7.34. The SMILES string of the molecule is O=C(C1CCCC1)N1CCO[C@@H](c2cccc(Cc3ccccc3)n2)C1. The van der Waals surface area contributed by atoms with E-state index in [1.54, 1.807) is 0 Å². The van der Waals surface area contributed by atoms with Crippen molar-refractivity contribution in [3.8, 4) is 0 Å². The van der Waals surface area contributed by atoms with Crippen LogP contribution in [0.25, 0.3) is 0 Å². The highest BCUT2D eigenvalue weighted by Crippen LogP contribution is 2.29. The predicted octanol–water partition coefficient (Wildman–Crippen LogP) is 3.76. The Morgan fingerprint density at radius 2 is 1.88 bits per heavy atom. The Bertz CT molecular complexity index is 741. The number of carbonyl (C=O) groups is 1. The van der Waals surface area contributed by atoms with Gasteiger partial charge in [0.15, 0.2) is 0 Å². The van der Waals surface area contributed by atoms with Gasteiger partial charge in [-0.25, -0.2) is 0 Å². The summed E-state index contributed by atoms with van der Waals surface area (Å²) in [5, 5.41) is 0. The fraction of sp³-hybridized carbons (Fsp3) is 0.455. The average molecular weight is 350 g/mol. The zero-order valence-electron chi connectivity index (χ0n) is 15.1. The molecule has 2 heterocycles. The van der Waals surface area contributed by atoms with Crippen LogP contribution in [0.1, 0.15) is 48.7 Å². The first-order valence-corrected chi connectivity index (χ1v) is 9.70. The Morgan fingerprint density at radius 1 is 1.08 bits per heavy atom. The summed E-state index contributed by atoms with van der Waals surface area (Å²) in [5.41, 5.74) is 3.22. The molecule has 26 heavy (non-hydrogen) atoms. The van der Waals surface area contributed by atoms with Crippen molar-refractivity contribution in [1.82, 2.24) is 9.88 Å². The van der Waals surface area contributed by atoms with Crippen molar-refractivity contribution in [3.63, 3.8) is 0 Å². The molecule has 136 valence electrons. The summed E-state index contributed by atoms with van der Waals surface area (Å²) in [6.45, 7) is 1.92. The number of hydrogen-bond donors (Lipinski definition) is 0. The van der Waals surface area contributed by atoms with Crippen molar-refractivity contribution in [2.75, 3.05) is 19.7 Å². The molecule has 4 heteroatoms. The van der Waals surface area contributed by atoms with Crippen LogP contribution >= 0.6 is 0 Å². The molecule has 0 radical (unpaired) electrons. The van der Waals surface area contributed by atoms with Crippen molar-refractivity contribution in [1.29, 1.82) is 0 Å². The van der Waals surface area contributed by atoms with Crippen LogP contribution in [0, 0.1) is 5.92 Å². The van der Waals surface area contributed by atoms with Gasteiger partial charge in [-0.15, -0.1) is 0 Å². The molecule has 1 amide bonds. The van der Waals surface area contributed by atoms with Crippen LogP contribution in [0.4, 0.5) is 0 Å². The topological polar surface area (TPSA) is 42.4 Å². The van der Waals surface area contributed by atoms with Gasteiger partial charge in [-0.05, 0) is 30.5 Å². The van der Waals surface area contributed by atoms with E-state index in [9.17, 15) is 4.79 Å². The molecule has 1 atom stereocenters. The summed E-state index contributed by atoms with van der Waals surface area (Å²) in [7, 11) is 0. The molecule has 4 rings (SSSR count). The Labute approximate surface area is 155 Å². The Hall–Kier alpha value is -2.20. The lowest BCUT2D eigenvalue weighted by Gasteiger charge is -2.34. The minimum Gasteiger partial charge on any atom is -0.368 e. The third-order valence-corrected chi connectivity index (χ3v) is 5.47. The van der Waals surface area contributed by atoms with Crippen molar-refractivity contribution < 1.29 is 9.53 Å². The smallest absolute Gasteiger partial charge is 0.225 e. The molecule has 2 aliphatic rings. The number of rotatable bonds is 4. The van der Waals surface area contributed by atoms with Crippen molar-refractivity contribution in [3.05, 3.63) is 65.5 Å². The highest BCUT2D eigenvalue weighted by molar-refractivity contribution is 5.79. The van der Waals surface area contributed by atoms with Crippen LogP contribution in [0.5, 0.6) is 0 Å². The van der Waals surface area contributed by atoms with Gasteiger partial charge in [0.2, 0.25) is 5.91 Å². The number of benzene rings is 1. The zero-order valence-corrected chi connectivity index (χ0v) is 15.1. The monoisotopic (exact) mass is 350 g/mol. The van der Waals surface area contributed by atoms with Gasteiger partial charge in [-0.2, -0.15) is 0 Å². The molecule has 2 fully saturated rings. The second-order valence-electron chi connectivity index (χ2n) is 7.34. The quantitative estimate of drug-likeness (QED) is 0.843. The van der Waals surface area contributed by atoms with Gasteiger partial charge >= 0.3 is 0 Å². The summed E-state index contributed by atoms with van der Waals surface area (Å²) in [4.78, 5) is 19.6. The number of hydrogen-bond acceptors (Lipinski definition) is 3. The van der Waals surface area contributed by atoms with E-state index in [1.807, 2.05) is 23.1 Å². The predicted molar refractivity (Wildman–Crippen MR) is 101 cm³/mol. The molecule has 1 saturated carbocycles. The fourth-order valence-electron chi connectivity index (χ4n) is 4.04. The average Bonchev–Trinajstić information content (AvgIpc) is 3.23. The molecular weight excluding hydrogens is 324 g/mol. The standard InChI is InChI=1S/C22H26N2O2/c25-22(18-9-4-5-10-18)24-13-14-26-21(16-24)20-12-6-11-19(23-20)15-17-7-2-1-3-8-17/h1-3,6-8,11-12,18,21H,4-5,9-10,13-16H2/t21-/m1/s1. The highest BCUT2D eigenvalue weighted by Gasteiger charge is 2.31. The van der Waals surface area contributed by atoms with Crippen LogP contribution in [0.3, 0.4) is 0 Å². The Kier molecular flexibility index (Phi) is 5.30. The van der Waals surface area contributed by atoms with Crippen molar-refractivity contribution >= 4 is 5.91 Å². The molecule has 4 nitrogen and oxygen atoms in total. The van der Waals surface area contributed by atoms with Crippen LogP contribution in [-0.4, -0.2) is 35.5 Å². The van der Waals surface area contributed by atoms with E-state index < -0.39 is 0 Å². The number of pyridine rings is 1. The Morgan fingerprint density at radius 3 is 2.69 bits per heavy atom. The first kappa shape index (κ1) is 17.2. The molecule has 0 bridgehead atoms. The van der Waals surface area contributed by atoms with Gasteiger partial charge in [0.1, 0.15) is 6.10 Å². The third-order valence-electron chi connectivity index (χ3n) is 5.47. The number of morpholine rings is 1. The van der Waals surface area contributed by atoms with Gasteiger partial charge in [0.05, 0.1) is 18.8 Å². The van der Waals surface area contributed by atoms with E-state index in [4.69, 9.17) is 9.72 Å². The van der Waals surface area contributed by atoms with E-state index in [1.165, 1.54) is 18.4 Å². The van der Waals surface area contributed by atoms with E-state index in [-0.39, 0.29) is 12.0 Å². The van der Waals surface area contributed by atoms with Crippen LogP contribution in [-0.2, 0) is 16.0 Å². The van der Waals surface area contributed by atoms with Gasteiger partial charge in [0.25, 0.3) is 0 Å². The lowest BCUT2D eigenvalue weighted by molar-refractivity contribution is -0.143. The van der Waals surface area contributed by atoms with E-state index in [0.717, 1.165) is 30.7 Å². The van der Waals surface area contributed by atoms with Gasteiger partial charge in [-0.3, -0.25) is 9.78 Å². The molecule has 1 saturated heterocycles. The maximum Gasteiger partial charge on any atom is 0.225 e. The lowest BCUT2D eigenvalue weighted by atomic mass is 10.0. The van der Waals surface area contributed by atoms with Crippen LogP contribution in [0.2, 0.25) is 0 Å². The normalized spacial score (nSPS) is 21.1. The van der Waals surface area contributed by atoms with Gasteiger partial charge < -0.3 is 9.64 Å². The number of aromatic nitrogens is 1. The maximum absolute atomic E-state index is 12.7. The van der Waals surface area contributed by atoms with Crippen molar-refractivity contribution in [2.45, 2.75) is 38.2 Å². The minimum atomic E-state index is -0.121. The Balaban J connectivity index is 1.45. The summed E-state index contributed by atoms with van der Waals surface area (Å²) in [5.74, 6) is 0.544. The number of carbonyl (C=O) groups excluding carboxylic acids is 1. The molecule has 2 aromatic rings. The van der Waals surface area contributed by atoms with Gasteiger partial charge in [0, 0.05) is 24.6 Å². The minimum absolute atomic E-state index is 0.121. The number of ether oxygens (including phenoxy) is 1. The molecule has 1 aliphatic heterocycles. The summed E-state index contributed by atoms with van der Waals surface area (Å²) in [6, 6.07) is 16.5. The molecule has 0 unspecified atom stereocenters. The number of amides is 1. The molecule has 1 aliphatic carbocycles. The van der Waals surface area contributed by atoms with Crippen molar-refractivity contribution in [2.24, 2.45) is 5.92 Å².